The lowest BCUT2D eigenvalue weighted by Gasteiger charge is -2.58. The van der Waals surface area contributed by atoms with Crippen molar-refractivity contribution < 1.29 is 9.53 Å². The molecule has 0 heterocycles. The van der Waals surface area contributed by atoms with Gasteiger partial charge in [0.1, 0.15) is 6.10 Å². The summed E-state index contributed by atoms with van der Waals surface area (Å²) in [5.74, 6) is 5.87. The quantitative estimate of drug-likeness (QED) is 0.241. The van der Waals surface area contributed by atoms with E-state index in [4.69, 9.17) is 4.74 Å². The zero-order valence-electron chi connectivity index (χ0n) is 24.2. The van der Waals surface area contributed by atoms with Gasteiger partial charge in [0.25, 0.3) is 0 Å². The minimum atomic E-state index is 0.0227. The Bertz CT molecular complexity index is 765. The SMILES string of the molecule is CC(C)CCC[C@@H](C)[C@H]1CC[C@H]2[C@@H]3CC=C4CC(OC(=O)CCC(C)C)CC[C@]4(C)[C@H]3CC[C@]12C. The van der Waals surface area contributed by atoms with Gasteiger partial charge in [-0.15, -0.1) is 0 Å². The van der Waals surface area contributed by atoms with Crippen molar-refractivity contribution in [3.63, 3.8) is 0 Å². The van der Waals surface area contributed by atoms with E-state index in [1.165, 1.54) is 57.8 Å². The van der Waals surface area contributed by atoms with E-state index in [1.807, 2.05) is 0 Å². The zero-order chi connectivity index (χ0) is 25.4. The van der Waals surface area contributed by atoms with Crippen LogP contribution in [-0.2, 0) is 9.53 Å². The molecule has 0 spiro atoms. The summed E-state index contributed by atoms with van der Waals surface area (Å²) < 4.78 is 5.96. The van der Waals surface area contributed by atoms with Crippen molar-refractivity contribution in [3.8, 4) is 0 Å². The highest BCUT2D eigenvalue weighted by molar-refractivity contribution is 5.69. The van der Waals surface area contributed by atoms with Crippen LogP contribution in [0.3, 0.4) is 0 Å². The van der Waals surface area contributed by atoms with Crippen molar-refractivity contribution >= 4 is 5.97 Å². The lowest BCUT2D eigenvalue weighted by atomic mass is 9.47. The Labute approximate surface area is 217 Å². The van der Waals surface area contributed by atoms with Crippen LogP contribution in [-0.4, -0.2) is 12.1 Å². The number of allylic oxidation sites excluding steroid dienone is 1. The number of fused-ring (bicyclic) bond motifs is 5. The summed E-state index contributed by atoms with van der Waals surface area (Å²) in [6.45, 7) is 16.9. The number of hydrogen-bond donors (Lipinski definition) is 0. The van der Waals surface area contributed by atoms with Gasteiger partial charge in [0.05, 0.1) is 0 Å². The molecule has 4 aliphatic carbocycles. The molecule has 0 saturated heterocycles. The molecular formula is C33H56O2. The predicted molar refractivity (Wildman–Crippen MR) is 147 cm³/mol. The van der Waals surface area contributed by atoms with E-state index in [0.717, 1.165) is 54.8 Å². The monoisotopic (exact) mass is 484 g/mol. The molecule has 0 aromatic rings. The molecule has 3 saturated carbocycles. The normalized spacial score (nSPS) is 39.6. The molecule has 0 radical (unpaired) electrons. The lowest BCUT2D eigenvalue weighted by molar-refractivity contribution is -0.151. The third kappa shape index (κ3) is 5.57. The first-order chi connectivity index (χ1) is 16.5. The lowest BCUT2D eigenvalue weighted by Crippen LogP contribution is -2.51. The summed E-state index contributed by atoms with van der Waals surface area (Å²) in [4.78, 5) is 12.4. The molecule has 0 N–H and O–H groups in total. The van der Waals surface area contributed by atoms with Gasteiger partial charge < -0.3 is 4.74 Å². The average molecular weight is 485 g/mol. The van der Waals surface area contributed by atoms with Crippen LogP contribution in [0.5, 0.6) is 0 Å². The molecule has 2 nitrogen and oxygen atoms in total. The van der Waals surface area contributed by atoms with Crippen molar-refractivity contribution in [2.45, 2.75) is 138 Å². The van der Waals surface area contributed by atoms with Crippen LogP contribution >= 0.6 is 0 Å². The van der Waals surface area contributed by atoms with Crippen LogP contribution < -0.4 is 0 Å². The summed E-state index contributed by atoms with van der Waals surface area (Å²) in [5.41, 5.74) is 2.53. The molecule has 1 unspecified atom stereocenters. The van der Waals surface area contributed by atoms with Crippen LogP contribution in [0.25, 0.3) is 0 Å². The van der Waals surface area contributed by atoms with Gasteiger partial charge in [0.15, 0.2) is 0 Å². The smallest absolute Gasteiger partial charge is 0.306 e. The van der Waals surface area contributed by atoms with Crippen LogP contribution in [0.4, 0.5) is 0 Å². The first-order valence-electron chi connectivity index (χ1n) is 15.4. The van der Waals surface area contributed by atoms with Crippen molar-refractivity contribution in [2.24, 2.45) is 52.3 Å². The van der Waals surface area contributed by atoms with E-state index in [1.54, 1.807) is 5.57 Å². The predicted octanol–water partition coefficient (Wildman–Crippen LogP) is 9.38. The average Bonchev–Trinajstić information content (AvgIpc) is 3.15. The number of carbonyl (C=O) groups excluding carboxylic acids is 1. The molecule has 0 amide bonds. The Kier molecular flexibility index (Phi) is 8.49. The summed E-state index contributed by atoms with van der Waals surface area (Å²) >= 11 is 0. The fraction of sp³-hybridized carbons (Fsp3) is 0.909. The Morgan fingerprint density at radius 2 is 1.69 bits per heavy atom. The van der Waals surface area contributed by atoms with Gasteiger partial charge in [-0.1, -0.05) is 79.4 Å². The molecule has 4 rings (SSSR count). The van der Waals surface area contributed by atoms with Crippen LogP contribution in [0.1, 0.15) is 132 Å². The fourth-order valence-corrected chi connectivity index (χ4v) is 9.40. The summed E-state index contributed by atoms with van der Waals surface area (Å²) in [7, 11) is 0. The first kappa shape index (κ1) is 27.3. The van der Waals surface area contributed by atoms with Gasteiger partial charge >= 0.3 is 5.97 Å². The zero-order valence-corrected chi connectivity index (χ0v) is 24.2. The second-order valence-corrected chi connectivity index (χ2v) is 14.6. The molecule has 0 bridgehead atoms. The van der Waals surface area contributed by atoms with Crippen LogP contribution in [0.15, 0.2) is 11.6 Å². The number of carbonyl (C=O) groups is 1. The van der Waals surface area contributed by atoms with Gasteiger partial charge in [-0.3, -0.25) is 4.79 Å². The van der Waals surface area contributed by atoms with E-state index >= 15 is 0 Å². The third-order valence-electron chi connectivity index (χ3n) is 11.5. The molecule has 200 valence electrons. The van der Waals surface area contributed by atoms with Crippen molar-refractivity contribution in [2.75, 3.05) is 0 Å². The topological polar surface area (TPSA) is 26.3 Å². The van der Waals surface area contributed by atoms with E-state index in [-0.39, 0.29) is 12.1 Å². The maximum absolute atomic E-state index is 12.4. The largest absolute Gasteiger partial charge is 0.462 e. The highest BCUT2D eigenvalue weighted by atomic mass is 16.5. The maximum Gasteiger partial charge on any atom is 0.306 e. The standard InChI is InChI=1S/C33H56O2/c1-22(2)9-8-10-24(5)28-14-15-29-27-13-12-25-21-26(35-31(34)16-11-23(3)4)17-19-32(25,6)30(27)18-20-33(28,29)7/h12,22-24,26-30H,8-11,13-21H2,1-7H3/t24-,26?,27+,28-,29+,30+,32+,33-/m1/s1. The molecular weight excluding hydrogens is 428 g/mol. The second kappa shape index (κ2) is 10.9. The minimum absolute atomic E-state index is 0.0227. The van der Waals surface area contributed by atoms with Gasteiger partial charge in [-0.2, -0.15) is 0 Å². The minimum Gasteiger partial charge on any atom is -0.462 e. The Morgan fingerprint density at radius 1 is 0.943 bits per heavy atom. The number of ether oxygens (including phenoxy) is 1. The first-order valence-corrected chi connectivity index (χ1v) is 15.4. The summed E-state index contributed by atoms with van der Waals surface area (Å²) in [6, 6.07) is 0. The number of rotatable bonds is 9. The van der Waals surface area contributed by atoms with Gasteiger partial charge in [-0.05, 0) is 104 Å². The van der Waals surface area contributed by atoms with E-state index in [0.29, 0.717) is 23.2 Å². The molecule has 8 atom stereocenters. The van der Waals surface area contributed by atoms with E-state index in [9.17, 15) is 4.79 Å². The molecule has 0 aromatic carbocycles. The maximum atomic E-state index is 12.4. The van der Waals surface area contributed by atoms with E-state index in [2.05, 4.69) is 54.5 Å². The number of hydrogen-bond acceptors (Lipinski definition) is 2. The summed E-state index contributed by atoms with van der Waals surface area (Å²) in [5, 5.41) is 0. The molecule has 4 aliphatic rings. The fourth-order valence-electron chi connectivity index (χ4n) is 9.40. The molecule has 0 aromatic heterocycles. The number of esters is 1. The molecule has 0 aliphatic heterocycles. The Morgan fingerprint density at radius 3 is 2.40 bits per heavy atom. The molecule has 35 heavy (non-hydrogen) atoms. The molecule has 3 fully saturated rings. The third-order valence-corrected chi connectivity index (χ3v) is 11.5. The van der Waals surface area contributed by atoms with Gasteiger partial charge in [0, 0.05) is 12.8 Å². The highest BCUT2D eigenvalue weighted by Crippen LogP contribution is 2.67. The van der Waals surface area contributed by atoms with Crippen molar-refractivity contribution in [1.82, 2.24) is 0 Å². The van der Waals surface area contributed by atoms with E-state index < -0.39 is 0 Å². The van der Waals surface area contributed by atoms with Crippen LogP contribution in [0.2, 0.25) is 0 Å². The van der Waals surface area contributed by atoms with Crippen molar-refractivity contribution in [1.29, 1.82) is 0 Å². The van der Waals surface area contributed by atoms with Gasteiger partial charge in [-0.25, -0.2) is 0 Å². The molecule has 2 heteroatoms. The summed E-state index contributed by atoms with van der Waals surface area (Å²) in [6.07, 6.45) is 18.8. The Hall–Kier alpha value is -0.790. The Balaban J connectivity index is 1.40. The highest BCUT2D eigenvalue weighted by Gasteiger charge is 2.59. The van der Waals surface area contributed by atoms with Crippen LogP contribution in [0, 0.1) is 52.3 Å². The van der Waals surface area contributed by atoms with Gasteiger partial charge in [0.2, 0.25) is 0 Å². The second-order valence-electron chi connectivity index (χ2n) is 14.6. The van der Waals surface area contributed by atoms with Crippen molar-refractivity contribution in [3.05, 3.63) is 11.6 Å².